The minimum Gasteiger partial charge on any atom is -0.338 e. The van der Waals surface area contributed by atoms with Gasteiger partial charge in [0.25, 0.3) is 0 Å². The molecule has 0 aliphatic rings. The van der Waals surface area contributed by atoms with Crippen molar-refractivity contribution in [1.82, 2.24) is 14.7 Å². The van der Waals surface area contributed by atoms with Crippen LogP contribution in [0.4, 0.5) is 23.1 Å². The van der Waals surface area contributed by atoms with Crippen LogP contribution in [-0.2, 0) is 10.0 Å². The molecular weight excluding hydrogens is 430 g/mol. The Morgan fingerprint density at radius 2 is 1.70 bits per heavy atom. The van der Waals surface area contributed by atoms with Gasteiger partial charge in [-0.3, -0.25) is 0 Å². The number of hydrogen-bond acceptors (Lipinski definition) is 6. The normalized spacial score (nSPS) is 11.2. The number of anilines is 4. The first kappa shape index (κ1) is 19.3. The number of nitrogens with zero attached hydrogens (tertiary/aromatic N) is 2. The highest BCUT2D eigenvalue weighted by Gasteiger charge is 2.17. The van der Waals surface area contributed by atoms with E-state index in [2.05, 4.69) is 41.3 Å². The number of sulfonamides is 1. The number of rotatable bonds is 6. The first-order valence-corrected chi connectivity index (χ1v) is 10.3. The quantitative estimate of drug-likeness (QED) is 0.529. The van der Waals surface area contributed by atoms with Crippen LogP contribution in [0.5, 0.6) is 0 Å². The molecule has 9 heteroatoms. The van der Waals surface area contributed by atoms with E-state index in [1.54, 1.807) is 24.4 Å². The summed E-state index contributed by atoms with van der Waals surface area (Å²) in [6.45, 7) is 2.01. The first-order chi connectivity index (χ1) is 12.9. The Morgan fingerprint density at radius 3 is 2.41 bits per heavy atom. The van der Waals surface area contributed by atoms with Crippen LogP contribution in [0, 0.1) is 6.92 Å². The molecule has 27 heavy (non-hydrogen) atoms. The fourth-order valence-electron chi connectivity index (χ4n) is 2.32. The van der Waals surface area contributed by atoms with E-state index in [4.69, 9.17) is 0 Å². The molecule has 0 spiro atoms. The van der Waals surface area contributed by atoms with Gasteiger partial charge >= 0.3 is 0 Å². The number of para-hydroxylation sites is 1. The summed E-state index contributed by atoms with van der Waals surface area (Å²) in [5.41, 5.74) is 2.42. The molecule has 3 aromatic rings. The Balaban J connectivity index is 1.91. The Hall–Kier alpha value is -2.49. The standard InChI is InChI=1S/C18H18BrN5O2S/c1-12-7-9-13(10-8-12)22-18-21-11-14(19)17(24-18)23-15-5-3-4-6-16(15)27(25,26)20-2/h3-11,20H,1-2H3,(H2,21,22,23,24). The lowest BCUT2D eigenvalue weighted by molar-refractivity contribution is 0.588. The summed E-state index contributed by atoms with van der Waals surface area (Å²) in [5, 5.41) is 6.19. The smallest absolute Gasteiger partial charge is 0.242 e. The largest absolute Gasteiger partial charge is 0.338 e. The first-order valence-electron chi connectivity index (χ1n) is 8.05. The summed E-state index contributed by atoms with van der Waals surface area (Å²) in [6, 6.07) is 14.4. The van der Waals surface area contributed by atoms with Gasteiger partial charge in [0.05, 0.1) is 10.2 Å². The van der Waals surface area contributed by atoms with Crippen molar-refractivity contribution in [3.63, 3.8) is 0 Å². The molecule has 7 nitrogen and oxygen atoms in total. The zero-order valence-electron chi connectivity index (χ0n) is 14.7. The van der Waals surface area contributed by atoms with Gasteiger partial charge in [-0.15, -0.1) is 0 Å². The Morgan fingerprint density at radius 1 is 1.00 bits per heavy atom. The predicted molar refractivity (Wildman–Crippen MR) is 110 cm³/mol. The topological polar surface area (TPSA) is 96.0 Å². The highest BCUT2D eigenvalue weighted by atomic mass is 79.9. The highest BCUT2D eigenvalue weighted by molar-refractivity contribution is 9.10. The van der Waals surface area contributed by atoms with E-state index in [9.17, 15) is 8.42 Å². The van der Waals surface area contributed by atoms with Crippen molar-refractivity contribution in [2.75, 3.05) is 17.7 Å². The van der Waals surface area contributed by atoms with E-state index in [0.29, 0.717) is 21.9 Å². The van der Waals surface area contributed by atoms with Crippen molar-refractivity contribution in [3.8, 4) is 0 Å². The number of benzene rings is 2. The summed E-state index contributed by atoms with van der Waals surface area (Å²) in [5.74, 6) is 0.830. The Bertz CT molecular complexity index is 1060. The summed E-state index contributed by atoms with van der Waals surface area (Å²) in [4.78, 5) is 8.82. The fraction of sp³-hybridized carbons (Fsp3) is 0.111. The molecule has 0 aliphatic carbocycles. The van der Waals surface area contributed by atoms with Gasteiger partial charge in [-0.25, -0.2) is 18.1 Å². The third-order valence-corrected chi connectivity index (χ3v) is 5.80. The molecule has 0 unspecified atom stereocenters. The van der Waals surface area contributed by atoms with Crippen LogP contribution in [0.1, 0.15) is 5.56 Å². The molecule has 0 radical (unpaired) electrons. The zero-order valence-corrected chi connectivity index (χ0v) is 17.1. The van der Waals surface area contributed by atoms with Gasteiger partial charge in [0.15, 0.2) is 0 Å². The molecule has 0 atom stereocenters. The maximum Gasteiger partial charge on any atom is 0.242 e. The third kappa shape index (κ3) is 4.62. The number of aryl methyl sites for hydroxylation is 1. The average Bonchev–Trinajstić information content (AvgIpc) is 2.66. The number of nitrogens with one attached hydrogen (secondary N) is 3. The van der Waals surface area contributed by atoms with E-state index >= 15 is 0 Å². The van der Waals surface area contributed by atoms with Crippen molar-refractivity contribution >= 4 is 49.1 Å². The lowest BCUT2D eigenvalue weighted by atomic mass is 10.2. The Kier molecular flexibility index (Phi) is 5.73. The third-order valence-electron chi connectivity index (χ3n) is 3.75. The van der Waals surface area contributed by atoms with Crippen LogP contribution in [0.3, 0.4) is 0 Å². The lowest BCUT2D eigenvalue weighted by Crippen LogP contribution is -2.19. The molecule has 2 aromatic carbocycles. The van der Waals surface area contributed by atoms with Gasteiger partial charge in [-0.1, -0.05) is 29.8 Å². The monoisotopic (exact) mass is 447 g/mol. The molecule has 0 fully saturated rings. The highest BCUT2D eigenvalue weighted by Crippen LogP contribution is 2.28. The van der Waals surface area contributed by atoms with Crippen LogP contribution < -0.4 is 15.4 Å². The van der Waals surface area contributed by atoms with Gasteiger partial charge in [-0.05, 0) is 54.2 Å². The molecule has 0 saturated carbocycles. The van der Waals surface area contributed by atoms with Gasteiger partial charge in [0.1, 0.15) is 10.7 Å². The maximum absolute atomic E-state index is 12.2. The second-order valence-corrected chi connectivity index (χ2v) is 8.42. The van der Waals surface area contributed by atoms with Gasteiger partial charge in [0, 0.05) is 11.9 Å². The SMILES string of the molecule is CNS(=O)(=O)c1ccccc1Nc1nc(Nc2ccc(C)cc2)ncc1Br. The van der Waals surface area contributed by atoms with E-state index < -0.39 is 10.0 Å². The molecule has 3 N–H and O–H groups in total. The van der Waals surface area contributed by atoms with Crippen molar-refractivity contribution in [2.24, 2.45) is 0 Å². The maximum atomic E-state index is 12.2. The van der Waals surface area contributed by atoms with Crippen LogP contribution >= 0.6 is 15.9 Å². The summed E-state index contributed by atoms with van der Waals surface area (Å²) in [7, 11) is -2.24. The van der Waals surface area contributed by atoms with Crippen molar-refractivity contribution < 1.29 is 8.42 Å². The van der Waals surface area contributed by atoms with E-state index in [0.717, 1.165) is 11.3 Å². The molecule has 1 aromatic heterocycles. The van der Waals surface area contributed by atoms with Crippen molar-refractivity contribution in [3.05, 3.63) is 64.8 Å². The molecule has 0 aliphatic heterocycles. The van der Waals surface area contributed by atoms with Crippen LogP contribution in [0.2, 0.25) is 0 Å². The fourth-order valence-corrected chi connectivity index (χ4v) is 3.50. The van der Waals surface area contributed by atoms with Gasteiger partial charge in [-0.2, -0.15) is 4.98 Å². The van der Waals surface area contributed by atoms with Crippen LogP contribution in [-0.4, -0.2) is 25.4 Å². The van der Waals surface area contributed by atoms with E-state index in [-0.39, 0.29) is 4.90 Å². The Labute approximate surface area is 166 Å². The second-order valence-electron chi connectivity index (χ2n) is 5.71. The molecule has 0 saturated heterocycles. The van der Waals surface area contributed by atoms with Gasteiger partial charge < -0.3 is 10.6 Å². The summed E-state index contributed by atoms with van der Waals surface area (Å²) in [6.07, 6.45) is 1.60. The van der Waals surface area contributed by atoms with Crippen LogP contribution in [0.25, 0.3) is 0 Å². The van der Waals surface area contributed by atoms with Gasteiger partial charge in [0.2, 0.25) is 16.0 Å². The lowest BCUT2D eigenvalue weighted by Gasteiger charge is -2.13. The second kappa shape index (κ2) is 8.03. The summed E-state index contributed by atoms with van der Waals surface area (Å²) < 4.78 is 27.4. The molecule has 3 rings (SSSR count). The molecule has 0 bridgehead atoms. The molecular formula is C18H18BrN5O2S. The minimum atomic E-state index is -3.61. The average molecular weight is 448 g/mol. The van der Waals surface area contributed by atoms with E-state index in [1.807, 2.05) is 31.2 Å². The molecule has 1 heterocycles. The number of aromatic nitrogens is 2. The van der Waals surface area contributed by atoms with Crippen LogP contribution in [0.15, 0.2) is 64.1 Å². The molecule has 0 amide bonds. The zero-order chi connectivity index (χ0) is 19.4. The minimum absolute atomic E-state index is 0.131. The number of halogens is 1. The van der Waals surface area contributed by atoms with E-state index in [1.165, 1.54) is 13.1 Å². The van der Waals surface area contributed by atoms with Crippen molar-refractivity contribution in [1.29, 1.82) is 0 Å². The number of hydrogen-bond donors (Lipinski definition) is 3. The predicted octanol–water partition coefficient (Wildman–Crippen LogP) is 3.94. The van der Waals surface area contributed by atoms with Crippen molar-refractivity contribution in [2.45, 2.75) is 11.8 Å². The summed E-state index contributed by atoms with van der Waals surface area (Å²) >= 11 is 3.39. The molecule has 140 valence electrons.